The molecule has 2 bridgehead atoms. The maximum absolute atomic E-state index is 3.00. The van der Waals surface area contributed by atoms with Crippen LogP contribution in [0.3, 0.4) is 0 Å². The Morgan fingerprint density at radius 2 is 0.719 bits per heavy atom. The van der Waals surface area contributed by atoms with Crippen molar-refractivity contribution in [2.45, 2.75) is 31.6 Å². The summed E-state index contributed by atoms with van der Waals surface area (Å²) in [5.74, 6) is 2.15. The minimum Gasteiger partial charge on any atom is -0.311 e. The molecule has 2 saturated carbocycles. The predicted molar refractivity (Wildman–Crippen MR) is 408 cm³/mol. The Morgan fingerprint density at radius 1 is 0.271 bits per heavy atom. The van der Waals surface area contributed by atoms with Crippen LogP contribution in [-0.4, -0.2) is 14.8 Å². The summed E-state index contributed by atoms with van der Waals surface area (Å²) in [5, 5.41) is 5.71. The second kappa shape index (κ2) is 23.1. The molecule has 0 saturated heterocycles. The molecule has 0 N–H and O–H groups in total. The van der Waals surface area contributed by atoms with Crippen LogP contribution in [-0.2, 0) is 0 Å². The largest absolute Gasteiger partial charge is 0.311 e. The molecule has 3 aliphatic heterocycles. The van der Waals surface area contributed by atoms with Gasteiger partial charge in [0.1, 0.15) is 0 Å². The quantitative estimate of drug-likeness (QED) is 0.120. The SMILES string of the molecule is c1ccc(-c2cc(-c3ccccc3)cc(N3c4ccc(N5c6ccccc6[Si](c6ccccc6)(c6ccccc6)c6cc(C7CC8CCC7C8)ccc65)cc4B4c5ccc(-c6ccccc6)cc5N(c5cc(-c6ccccc6)cc(-c6ccccc6)c5)c5cccc3c54)c2)cc1. The molecule has 454 valence electrons. The standard InChI is InChI=1S/C91H68BN3Si/c1-8-25-63(26-9-1)68-45-48-81-88(59-68)95(77-57-73(66-31-14-4-15-32-66)54-74(58-77)67-33-16-5-17-34-67)87-41-24-40-86-91(87)92(81)82-61-75(47-50-83(82)94(86)76-55-71(64-27-10-2-11-28-64)53-72(56-76)65-29-12-3-13-30-65)93-84-39-22-23-42-89(84)96(78-35-18-6-19-36-78,79-37-20-7-21-38-79)90-60-70(46-49-85(90)93)80-52-62-43-44-69(80)51-62/h1-42,45-50,53-62,69,80H,43-44,51-52H2. The van der Waals surface area contributed by atoms with Gasteiger partial charge in [0.25, 0.3) is 6.71 Å². The van der Waals surface area contributed by atoms with Crippen LogP contribution >= 0.6 is 0 Å². The van der Waals surface area contributed by atoms with Gasteiger partial charge >= 0.3 is 0 Å². The number of hydrogen-bond acceptors (Lipinski definition) is 3. The van der Waals surface area contributed by atoms with Crippen LogP contribution in [0.4, 0.5) is 51.2 Å². The molecule has 3 unspecified atom stereocenters. The average Bonchev–Trinajstić information content (AvgIpc) is 0.725. The highest BCUT2D eigenvalue weighted by molar-refractivity contribution is 7.21. The Morgan fingerprint density at radius 3 is 1.23 bits per heavy atom. The van der Waals surface area contributed by atoms with Gasteiger partial charge in [-0.3, -0.25) is 0 Å². The van der Waals surface area contributed by atoms with Gasteiger partial charge in [0.05, 0.1) is 0 Å². The molecule has 3 atom stereocenters. The molecular formula is C91H68BN3Si. The van der Waals surface area contributed by atoms with Gasteiger partial charge in [-0.2, -0.15) is 0 Å². The lowest BCUT2D eigenvalue weighted by Gasteiger charge is -2.46. The van der Waals surface area contributed by atoms with E-state index in [1.807, 2.05) is 0 Å². The van der Waals surface area contributed by atoms with Gasteiger partial charge in [0.2, 0.25) is 0 Å². The van der Waals surface area contributed by atoms with Crippen molar-refractivity contribution in [3.63, 3.8) is 0 Å². The van der Waals surface area contributed by atoms with Crippen LogP contribution in [0.1, 0.15) is 37.2 Å². The molecule has 0 radical (unpaired) electrons. The fraction of sp³-hybridized carbons (Fsp3) is 0.0769. The minimum atomic E-state index is -3.00. The second-order valence-electron chi connectivity index (χ2n) is 27.1. The lowest BCUT2D eigenvalue weighted by Crippen LogP contribution is -2.77. The van der Waals surface area contributed by atoms with Crippen molar-refractivity contribution in [1.29, 1.82) is 0 Å². The summed E-state index contributed by atoms with van der Waals surface area (Å²) in [4.78, 5) is 7.87. The van der Waals surface area contributed by atoms with Crippen LogP contribution in [0.15, 0.2) is 346 Å². The van der Waals surface area contributed by atoms with Gasteiger partial charge in [0.15, 0.2) is 8.07 Å². The molecule has 0 amide bonds. The third-order valence-electron chi connectivity index (χ3n) is 21.9. The van der Waals surface area contributed by atoms with Gasteiger partial charge in [-0.1, -0.05) is 267 Å². The number of nitrogens with zero attached hydrogens (tertiary/aromatic N) is 3. The normalized spacial score (nSPS) is 16.7. The van der Waals surface area contributed by atoms with E-state index >= 15 is 0 Å². The summed E-state index contributed by atoms with van der Waals surface area (Å²) in [6.45, 7) is -0.169. The Labute approximate surface area is 564 Å². The van der Waals surface area contributed by atoms with Crippen LogP contribution < -0.4 is 51.8 Å². The van der Waals surface area contributed by atoms with Gasteiger partial charge < -0.3 is 14.7 Å². The first kappa shape index (κ1) is 56.3. The van der Waals surface area contributed by atoms with E-state index in [-0.39, 0.29) is 6.71 Å². The number of anilines is 9. The van der Waals surface area contributed by atoms with Gasteiger partial charge in [-0.05, 0) is 220 Å². The number of fused-ring (bicyclic) bond motifs is 8. The molecule has 14 aromatic rings. The number of benzene rings is 14. The van der Waals surface area contributed by atoms with Crippen LogP contribution in [0, 0.1) is 11.8 Å². The molecule has 2 aliphatic carbocycles. The topological polar surface area (TPSA) is 9.72 Å². The Bertz CT molecular complexity index is 5130. The highest BCUT2D eigenvalue weighted by Gasteiger charge is 2.51. The fourth-order valence-corrected chi connectivity index (χ4v) is 22.9. The highest BCUT2D eigenvalue weighted by atomic mass is 28.3. The molecular weight excluding hydrogens is 1170 g/mol. The zero-order valence-electron chi connectivity index (χ0n) is 53.4. The van der Waals surface area contributed by atoms with Crippen molar-refractivity contribution < 1.29 is 0 Å². The molecule has 96 heavy (non-hydrogen) atoms. The Hall–Kier alpha value is -11.2. The smallest absolute Gasteiger partial charge is 0.252 e. The van der Waals surface area contributed by atoms with Crippen molar-refractivity contribution >= 4 is 103 Å². The van der Waals surface area contributed by atoms with E-state index in [0.29, 0.717) is 5.92 Å². The summed E-state index contributed by atoms with van der Waals surface area (Å²) < 4.78 is 0. The van der Waals surface area contributed by atoms with Crippen LogP contribution in [0.25, 0.3) is 55.6 Å². The second-order valence-corrected chi connectivity index (χ2v) is 30.8. The van der Waals surface area contributed by atoms with Gasteiger partial charge in [-0.15, -0.1) is 0 Å². The molecule has 19 rings (SSSR count). The van der Waals surface area contributed by atoms with Crippen LogP contribution in [0.5, 0.6) is 0 Å². The zero-order chi connectivity index (χ0) is 63.3. The van der Waals surface area contributed by atoms with E-state index in [0.717, 1.165) is 46.0 Å². The number of para-hydroxylation sites is 1. The van der Waals surface area contributed by atoms with Crippen molar-refractivity contribution in [3.05, 3.63) is 351 Å². The summed E-state index contributed by atoms with van der Waals surface area (Å²) in [7, 11) is -3.00. The van der Waals surface area contributed by atoms with Crippen LogP contribution in [0.2, 0.25) is 0 Å². The lowest BCUT2D eigenvalue weighted by molar-refractivity contribution is 0.420. The first-order chi connectivity index (χ1) is 47.6. The number of hydrogen-bond donors (Lipinski definition) is 0. The summed E-state index contributed by atoms with van der Waals surface area (Å²) in [5.41, 5.74) is 27.6. The summed E-state index contributed by atoms with van der Waals surface area (Å²) in [6, 6.07) is 132. The molecule has 0 aromatic heterocycles. The van der Waals surface area contributed by atoms with Gasteiger partial charge in [-0.25, -0.2) is 0 Å². The van der Waals surface area contributed by atoms with Crippen molar-refractivity contribution in [1.82, 2.24) is 0 Å². The maximum atomic E-state index is 2.73. The molecule has 3 nitrogen and oxygen atoms in total. The predicted octanol–water partition coefficient (Wildman–Crippen LogP) is 19.2. The average molecular weight is 1240 g/mol. The van der Waals surface area contributed by atoms with E-state index < -0.39 is 8.07 Å². The van der Waals surface area contributed by atoms with Crippen molar-refractivity contribution in [3.8, 4) is 55.6 Å². The molecule has 5 aliphatic rings. The third-order valence-corrected chi connectivity index (χ3v) is 26.8. The summed E-state index contributed by atoms with van der Waals surface area (Å²) in [6.07, 6.45) is 5.37. The Kier molecular flexibility index (Phi) is 13.5. The first-order valence-corrected chi connectivity index (χ1v) is 36.3. The molecule has 3 heterocycles. The van der Waals surface area contributed by atoms with E-state index in [1.165, 1.54) is 141 Å². The van der Waals surface area contributed by atoms with Gasteiger partial charge in [0, 0.05) is 51.2 Å². The van der Waals surface area contributed by atoms with E-state index in [2.05, 4.69) is 360 Å². The van der Waals surface area contributed by atoms with E-state index in [4.69, 9.17) is 0 Å². The van der Waals surface area contributed by atoms with Crippen molar-refractivity contribution in [2.24, 2.45) is 11.8 Å². The molecule has 14 aromatic carbocycles. The molecule has 2 fully saturated rings. The Balaban J connectivity index is 0.891. The highest BCUT2D eigenvalue weighted by Crippen LogP contribution is 2.54. The lowest BCUT2D eigenvalue weighted by atomic mass is 9.33. The zero-order valence-corrected chi connectivity index (χ0v) is 54.4. The molecule has 5 heteroatoms. The fourth-order valence-electron chi connectivity index (χ4n) is 17.7. The first-order valence-electron chi connectivity index (χ1n) is 34.3. The monoisotopic (exact) mass is 1240 g/mol. The van der Waals surface area contributed by atoms with E-state index in [1.54, 1.807) is 0 Å². The minimum absolute atomic E-state index is 0.169. The summed E-state index contributed by atoms with van der Waals surface area (Å²) >= 11 is 0. The molecule has 0 spiro atoms. The third kappa shape index (κ3) is 9.16. The van der Waals surface area contributed by atoms with Crippen molar-refractivity contribution in [2.75, 3.05) is 14.7 Å². The van der Waals surface area contributed by atoms with E-state index in [9.17, 15) is 0 Å². The maximum Gasteiger partial charge on any atom is 0.252 e. The number of rotatable bonds is 11.